The Balaban J connectivity index is 1.55. The summed E-state index contributed by atoms with van der Waals surface area (Å²) in [7, 11) is 0. The standard InChI is InChI=1S/C22H21N3O3/c1-13-10-17-11-16(8-9-19(17)28-13)14(2)23-22(27)18-12-20(26)25-21(24-18)15-6-4-3-5-7-15/h3-9,11-14H,10H2,1-2H3,(H,23,27)(H,24,25,26). The third-order valence-electron chi connectivity index (χ3n) is 4.79. The molecule has 4 rings (SSSR count). The van der Waals surface area contributed by atoms with Gasteiger partial charge in [-0.15, -0.1) is 0 Å². The van der Waals surface area contributed by atoms with Crippen LogP contribution in [0, 0.1) is 0 Å². The summed E-state index contributed by atoms with van der Waals surface area (Å²) >= 11 is 0. The summed E-state index contributed by atoms with van der Waals surface area (Å²) in [6.07, 6.45) is 1.03. The highest BCUT2D eigenvalue weighted by atomic mass is 16.5. The maximum Gasteiger partial charge on any atom is 0.270 e. The van der Waals surface area contributed by atoms with Crippen molar-refractivity contribution in [1.82, 2.24) is 15.3 Å². The van der Waals surface area contributed by atoms with Crippen LogP contribution in [0.5, 0.6) is 5.75 Å². The SMILES string of the molecule is CC1Cc2cc(C(C)NC(=O)c3cc(=O)[nH]c(-c4ccccc4)n3)ccc2O1. The highest BCUT2D eigenvalue weighted by molar-refractivity contribution is 5.92. The van der Waals surface area contributed by atoms with E-state index in [1.54, 1.807) is 0 Å². The number of ether oxygens (including phenoxy) is 1. The Hall–Kier alpha value is -3.41. The number of hydrogen-bond donors (Lipinski definition) is 2. The number of fused-ring (bicyclic) bond motifs is 1. The van der Waals surface area contributed by atoms with Crippen LogP contribution in [0.3, 0.4) is 0 Å². The van der Waals surface area contributed by atoms with E-state index in [1.807, 2.05) is 56.3 Å². The molecule has 1 aromatic heterocycles. The molecule has 142 valence electrons. The fraction of sp³-hybridized carbons (Fsp3) is 0.227. The van der Waals surface area contributed by atoms with Crippen LogP contribution in [0.2, 0.25) is 0 Å². The van der Waals surface area contributed by atoms with Gasteiger partial charge in [0.2, 0.25) is 0 Å². The van der Waals surface area contributed by atoms with Crippen LogP contribution in [0.1, 0.15) is 41.5 Å². The fourth-order valence-electron chi connectivity index (χ4n) is 3.37. The molecule has 2 N–H and O–H groups in total. The Kier molecular flexibility index (Phi) is 4.69. The summed E-state index contributed by atoms with van der Waals surface area (Å²) in [4.78, 5) is 31.7. The van der Waals surface area contributed by atoms with E-state index in [-0.39, 0.29) is 29.3 Å². The lowest BCUT2D eigenvalue weighted by molar-refractivity contribution is 0.0934. The van der Waals surface area contributed by atoms with Gasteiger partial charge in [0.1, 0.15) is 23.4 Å². The molecule has 2 heterocycles. The third kappa shape index (κ3) is 3.67. The van der Waals surface area contributed by atoms with Gasteiger partial charge >= 0.3 is 0 Å². The summed E-state index contributed by atoms with van der Waals surface area (Å²) in [5, 5.41) is 2.93. The summed E-state index contributed by atoms with van der Waals surface area (Å²) in [6.45, 7) is 3.94. The van der Waals surface area contributed by atoms with Crippen molar-refractivity contribution in [3.63, 3.8) is 0 Å². The van der Waals surface area contributed by atoms with Crippen LogP contribution in [0.4, 0.5) is 0 Å². The van der Waals surface area contributed by atoms with E-state index < -0.39 is 0 Å². The molecule has 0 saturated heterocycles. The van der Waals surface area contributed by atoms with Crippen molar-refractivity contribution in [2.75, 3.05) is 0 Å². The average molecular weight is 375 g/mol. The highest BCUT2D eigenvalue weighted by Crippen LogP contribution is 2.31. The maximum atomic E-state index is 12.7. The highest BCUT2D eigenvalue weighted by Gasteiger charge is 2.21. The number of aromatic amines is 1. The van der Waals surface area contributed by atoms with E-state index in [2.05, 4.69) is 21.4 Å². The molecule has 2 unspecified atom stereocenters. The minimum Gasteiger partial charge on any atom is -0.490 e. The van der Waals surface area contributed by atoms with Crippen molar-refractivity contribution in [2.45, 2.75) is 32.4 Å². The zero-order valence-corrected chi connectivity index (χ0v) is 15.7. The average Bonchev–Trinajstić information content (AvgIpc) is 3.07. The molecule has 28 heavy (non-hydrogen) atoms. The minimum absolute atomic E-state index is 0.0903. The van der Waals surface area contributed by atoms with Crippen LogP contribution < -0.4 is 15.6 Å². The zero-order valence-electron chi connectivity index (χ0n) is 15.7. The lowest BCUT2D eigenvalue weighted by Gasteiger charge is -2.15. The number of nitrogens with one attached hydrogen (secondary N) is 2. The molecule has 6 heteroatoms. The molecular weight excluding hydrogens is 354 g/mol. The van der Waals surface area contributed by atoms with Gasteiger partial charge < -0.3 is 15.0 Å². The Morgan fingerprint density at radius 1 is 1.21 bits per heavy atom. The quantitative estimate of drug-likeness (QED) is 0.733. The number of benzene rings is 2. The molecule has 0 saturated carbocycles. The molecule has 2 aromatic carbocycles. The van der Waals surface area contributed by atoms with Crippen LogP contribution in [-0.2, 0) is 6.42 Å². The summed E-state index contributed by atoms with van der Waals surface area (Å²) in [5.41, 5.74) is 2.60. The molecule has 3 aromatic rings. The van der Waals surface area contributed by atoms with E-state index in [4.69, 9.17) is 4.74 Å². The monoisotopic (exact) mass is 375 g/mol. The lowest BCUT2D eigenvalue weighted by Crippen LogP contribution is -2.29. The van der Waals surface area contributed by atoms with Crippen molar-refractivity contribution < 1.29 is 9.53 Å². The third-order valence-corrected chi connectivity index (χ3v) is 4.79. The maximum absolute atomic E-state index is 12.7. The van der Waals surface area contributed by atoms with E-state index in [1.165, 1.54) is 6.07 Å². The molecular formula is C22H21N3O3. The summed E-state index contributed by atoms with van der Waals surface area (Å²) in [5.74, 6) is 0.883. The first-order valence-corrected chi connectivity index (χ1v) is 9.27. The number of hydrogen-bond acceptors (Lipinski definition) is 4. The van der Waals surface area contributed by atoms with Gasteiger partial charge in [-0.3, -0.25) is 9.59 Å². The van der Waals surface area contributed by atoms with Gasteiger partial charge in [-0.25, -0.2) is 4.98 Å². The number of amides is 1. The van der Waals surface area contributed by atoms with Crippen LogP contribution in [0.15, 0.2) is 59.4 Å². The lowest BCUT2D eigenvalue weighted by atomic mass is 10.0. The number of carbonyl (C=O) groups is 1. The normalized spacial score (nSPS) is 16.1. The van der Waals surface area contributed by atoms with E-state index in [0.29, 0.717) is 5.82 Å². The van der Waals surface area contributed by atoms with Crippen LogP contribution in [0.25, 0.3) is 11.4 Å². The number of nitrogens with zero attached hydrogens (tertiary/aromatic N) is 1. The van der Waals surface area contributed by atoms with E-state index >= 15 is 0 Å². The number of H-pyrrole nitrogens is 1. The van der Waals surface area contributed by atoms with Crippen molar-refractivity contribution in [2.24, 2.45) is 0 Å². The van der Waals surface area contributed by atoms with Crippen molar-refractivity contribution in [1.29, 1.82) is 0 Å². The topological polar surface area (TPSA) is 84.1 Å². The second-order valence-electron chi connectivity index (χ2n) is 7.04. The van der Waals surface area contributed by atoms with Crippen molar-refractivity contribution in [3.8, 4) is 17.1 Å². The largest absolute Gasteiger partial charge is 0.490 e. The number of rotatable bonds is 4. The van der Waals surface area contributed by atoms with Gasteiger partial charge in [-0.2, -0.15) is 0 Å². The molecule has 0 aliphatic carbocycles. The molecule has 2 atom stereocenters. The van der Waals surface area contributed by atoms with E-state index in [0.717, 1.165) is 28.9 Å². The first-order chi connectivity index (χ1) is 13.5. The minimum atomic E-state index is -0.388. The Morgan fingerprint density at radius 2 is 2.00 bits per heavy atom. The van der Waals surface area contributed by atoms with Gasteiger partial charge in [0, 0.05) is 18.1 Å². The molecule has 0 fully saturated rings. The molecule has 6 nitrogen and oxygen atoms in total. The van der Waals surface area contributed by atoms with Crippen molar-refractivity contribution >= 4 is 5.91 Å². The molecule has 1 amide bonds. The molecule has 1 aliphatic heterocycles. The Morgan fingerprint density at radius 3 is 2.79 bits per heavy atom. The van der Waals surface area contributed by atoms with Gasteiger partial charge in [-0.05, 0) is 37.1 Å². The first-order valence-electron chi connectivity index (χ1n) is 9.27. The summed E-state index contributed by atoms with van der Waals surface area (Å²) < 4.78 is 5.72. The second-order valence-corrected chi connectivity index (χ2v) is 7.04. The van der Waals surface area contributed by atoms with Gasteiger partial charge in [0.25, 0.3) is 11.5 Å². The molecule has 1 aliphatic rings. The zero-order chi connectivity index (χ0) is 19.7. The van der Waals surface area contributed by atoms with Crippen LogP contribution >= 0.6 is 0 Å². The van der Waals surface area contributed by atoms with Gasteiger partial charge in [0.05, 0.1) is 6.04 Å². The molecule has 0 spiro atoms. The first kappa shape index (κ1) is 18.0. The van der Waals surface area contributed by atoms with Gasteiger partial charge in [0.15, 0.2) is 0 Å². The fourth-order valence-corrected chi connectivity index (χ4v) is 3.37. The smallest absolute Gasteiger partial charge is 0.270 e. The van der Waals surface area contributed by atoms with E-state index in [9.17, 15) is 9.59 Å². The molecule has 0 radical (unpaired) electrons. The van der Waals surface area contributed by atoms with Crippen molar-refractivity contribution in [3.05, 3.63) is 81.8 Å². The van der Waals surface area contributed by atoms with Crippen LogP contribution in [-0.4, -0.2) is 22.0 Å². The number of aromatic nitrogens is 2. The second kappa shape index (κ2) is 7.31. The molecule has 0 bridgehead atoms. The number of carbonyl (C=O) groups excluding carboxylic acids is 1. The summed E-state index contributed by atoms with van der Waals surface area (Å²) in [6, 6.07) is 16.2. The van der Waals surface area contributed by atoms with Gasteiger partial charge in [-0.1, -0.05) is 36.4 Å². The predicted octanol–water partition coefficient (Wildman–Crippen LogP) is 3.25. The predicted molar refractivity (Wildman–Crippen MR) is 106 cm³/mol. The Labute approximate surface area is 162 Å². The Bertz CT molecular complexity index is 1080.